The van der Waals surface area contributed by atoms with Crippen LogP contribution in [0.25, 0.3) is 0 Å². The van der Waals surface area contributed by atoms with E-state index in [0.29, 0.717) is 19.4 Å². The Hall–Kier alpha value is -2.70. The number of carboxylic acid groups (broad SMARTS) is 1. The van der Waals surface area contributed by atoms with Crippen molar-refractivity contribution in [2.75, 3.05) is 6.54 Å². The summed E-state index contributed by atoms with van der Waals surface area (Å²) >= 11 is 0. The van der Waals surface area contributed by atoms with E-state index in [1.54, 1.807) is 0 Å². The molecule has 1 amide bonds. The number of unbranched alkanes of at least 4 members (excludes halogenated alkanes) is 2. The topological polar surface area (TPSA) is 107 Å². The molecule has 0 fully saturated rings. The zero-order valence-electron chi connectivity index (χ0n) is 15.3. The van der Waals surface area contributed by atoms with Crippen molar-refractivity contribution in [2.24, 2.45) is 0 Å². The normalized spacial score (nSPS) is 11.9. The Kier molecular flexibility index (Phi) is 7.32. The van der Waals surface area contributed by atoms with E-state index in [1.165, 1.54) is 0 Å². The highest BCUT2D eigenvalue weighted by Gasteiger charge is 2.21. The first-order chi connectivity index (χ1) is 12.5. The highest BCUT2D eigenvalue weighted by atomic mass is 16.6. The highest BCUT2D eigenvalue weighted by molar-refractivity contribution is 5.67. The molecule has 0 radical (unpaired) electrons. The second-order valence-corrected chi connectivity index (χ2v) is 6.43. The smallest absolute Gasteiger partial charge is 0.407 e. The fourth-order valence-electron chi connectivity index (χ4n) is 2.85. The van der Waals surface area contributed by atoms with E-state index in [2.05, 4.69) is 15.3 Å². The van der Waals surface area contributed by atoms with Crippen LogP contribution in [0, 0.1) is 13.8 Å². The molecular formula is C19H27N3O4. The Balaban J connectivity index is 1.86. The van der Waals surface area contributed by atoms with Gasteiger partial charge in [-0.05, 0) is 49.9 Å². The first-order valence-corrected chi connectivity index (χ1v) is 8.90. The molecule has 2 heterocycles. The summed E-state index contributed by atoms with van der Waals surface area (Å²) in [6.07, 6.45) is 5.70. The average molecular weight is 361 g/mol. The number of alkyl carbamates (subject to hydrolysis) is 1. The third kappa shape index (κ3) is 5.98. The number of ether oxygens (including phenoxy) is 1. The van der Waals surface area contributed by atoms with Crippen molar-refractivity contribution in [1.29, 1.82) is 0 Å². The van der Waals surface area contributed by atoms with Gasteiger partial charge in [0, 0.05) is 37.5 Å². The van der Waals surface area contributed by atoms with Crippen LogP contribution in [0.15, 0.2) is 24.5 Å². The van der Waals surface area contributed by atoms with E-state index < -0.39 is 18.2 Å². The molecule has 0 saturated carbocycles. The van der Waals surface area contributed by atoms with Crippen LogP contribution in [0.4, 0.5) is 4.79 Å². The lowest BCUT2D eigenvalue weighted by Gasteiger charge is -2.18. The van der Waals surface area contributed by atoms with Crippen molar-refractivity contribution in [3.8, 4) is 0 Å². The van der Waals surface area contributed by atoms with Gasteiger partial charge >= 0.3 is 12.1 Å². The Labute approximate surface area is 153 Å². The second-order valence-electron chi connectivity index (χ2n) is 6.43. The van der Waals surface area contributed by atoms with Crippen LogP contribution in [0.5, 0.6) is 0 Å². The number of aromatic nitrogens is 2. The Morgan fingerprint density at radius 3 is 2.54 bits per heavy atom. The number of carbonyl (C=O) groups excluding carboxylic acids is 1. The number of H-pyrrole nitrogens is 2. The summed E-state index contributed by atoms with van der Waals surface area (Å²) in [5, 5.41) is 11.3. The van der Waals surface area contributed by atoms with Gasteiger partial charge in [0.25, 0.3) is 0 Å². The summed E-state index contributed by atoms with van der Waals surface area (Å²) in [6, 6.07) is 3.94. The predicted octanol–water partition coefficient (Wildman–Crippen LogP) is 3.61. The van der Waals surface area contributed by atoms with Crippen molar-refractivity contribution in [2.45, 2.75) is 52.1 Å². The maximum atomic E-state index is 12.2. The number of nitrogens with one attached hydrogen (secondary N) is 3. The minimum absolute atomic E-state index is 0.161. The van der Waals surface area contributed by atoms with Gasteiger partial charge in [0.2, 0.25) is 0 Å². The molecule has 0 saturated heterocycles. The molecule has 2 rings (SSSR count). The van der Waals surface area contributed by atoms with Crippen molar-refractivity contribution in [1.82, 2.24) is 15.3 Å². The fourth-order valence-corrected chi connectivity index (χ4v) is 2.85. The zero-order valence-corrected chi connectivity index (χ0v) is 15.3. The molecule has 0 aliphatic carbocycles. The zero-order chi connectivity index (χ0) is 18.9. The molecule has 0 bridgehead atoms. The first kappa shape index (κ1) is 19.6. The molecule has 7 heteroatoms. The highest BCUT2D eigenvalue weighted by Crippen LogP contribution is 2.25. The molecule has 4 N–H and O–H groups in total. The third-order valence-electron chi connectivity index (χ3n) is 4.38. The van der Waals surface area contributed by atoms with Gasteiger partial charge in [0.15, 0.2) is 0 Å². The van der Waals surface area contributed by atoms with Crippen LogP contribution < -0.4 is 5.32 Å². The molecule has 0 aliphatic rings. The van der Waals surface area contributed by atoms with Crippen LogP contribution in [-0.4, -0.2) is 33.7 Å². The maximum absolute atomic E-state index is 12.2. The summed E-state index contributed by atoms with van der Waals surface area (Å²) in [5.41, 5.74) is 4.10. The van der Waals surface area contributed by atoms with E-state index in [4.69, 9.17) is 9.84 Å². The van der Waals surface area contributed by atoms with Crippen molar-refractivity contribution in [3.05, 3.63) is 47.0 Å². The minimum atomic E-state index is -0.790. The van der Waals surface area contributed by atoms with E-state index in [1.807, 2.05) is 38.4 Å². The molecule has 2 aromatic rings. The first-order valence-electron chi connectivity index (χ1n) is 8.90. The monoisotopic (exact) mass is 361 g/mol. The van der Waals surface area contributed by atoms with E-state index >= 15 is 0 Å². The van der Waals surface area contributed by atoms with Crippen molar-refractivity contribution in [3.63, 3.8) is 0 Å². The Morgan fingerprint density at radius 2 is 1.92 bits per heavy atom. The summed E-state index contributed by atoms with van der Waals surface area (Å²) in [4.78, 5) is 28.9. The van der Waals surface area contributed by atoms with Gasteiger partial charge in [-0.3, -0.25) is 4.79 Å². The summed E-state index contributed by atoms with van der Waals surface area (Å²) in [7, 11) is 0. The molecular weight excluding hydrogens is 334 g/mol. The second kappa shape index (κ2) is 9.70. The standard InChI is InChI=1S/C19H27N3O4/c1-13-7-10-21-18(13)16(12-15-8-11-20-14(15)2)26-19(25)22-9-5-3-4-6-17(23)24/h7-8,10-11,16,20-21H,3-6,9,12H2,1-2H3,(H,22,25)(H,23,24). The Bertz CT molecular complexity index is 720. The van der Waals surface area contributed by atoms with E-state index in [9.17, 15) is 9.59 Å². The number of hydrogen-bond donors (Lipinski definition) is 4. The van der Waals surface area contributed by atoms with Gasteiger partial charge in [-0.25, -0.2) is 4.79 Å². The molecule has 1 unspecified atom stereocenters. The van der Waals surface area contributed by atoms with Crippen molar-refractivity contribution < 1.29 is 19.4 Å². The molecule has 26 heavy (non-hydrogen) atoms. The number of amides is 1. The fraction of sp³-hybridized carbons (Fsp3) is 0.474. The number of carboxylic acids is 1. The van der Waals surface area contributed by atoms with Crippen LogP contribution in [-0.2, 0) is 16.0 Å². The van der Waals surface area contributed by atoms with Gasteiger partial charge < -0.3 is 25.1 Å². The number of aryl methyl sites for hydroxylation is 2. The molecule has 2 aromatic heterocycles. The number of carbonyl (C=O) groups is 2. The lowest BCUT2D eigenvalue weighted by molar-refractivity contribution is -0.137. The average Bonchev–Trinajstić information content (AvgIpc) is 3.18. The maximum Gasteiger partial charge on any atom is 0.407 e. The van der Waals surface area contributed by atoms with Gasteiger partial charge in [0.1, 0.15) is 6.10 Å². The van der Waals surface area contributed by atoms with Gasteiger partial charge in [-0.2, -0.15) is 0 Å². The lowest BCUT2D eigenvalue weighted by atomic mass is 10.0. The SMILES string of the molecule is Cc1cc[nH]c1C(Cc1cc[nH]c1C)OC(=O)NCCCCCC(=O)O. The Morgan fingerprint density at radius 1 is 1.15 bits per heavy atom. The number of hydrogen-bond acceptors (Lipinski definition) is 3. The molecule has 0 spiro atoms. The summed E-state index contributed by atoms with van der Waals surface area (Å²) in [5.74, 6) is -0.790. The third-order valence-corrected chi connectivity index (χ3v) is 4.38. The van der Waals surface area contributed by atoms with E-state index in [-0.39, 0.29) is 6.42 Å². The van der Waals surface area contributed by atoms with Crippen molar-refractivity contribution >= 4 is 12.1 Å². The molecule has 0 aromatic carbocycles. The largest absolute Gasteiger partial charge is 0.481 e. The van der Waals surface area contributed by atoms with Crippen LogP contribution in [0.2, 0.25) is 0 Å². The number of rotatable bonds is 10. The van der Waals surface area contributed by atoms with Crippen LogP contribution in [0.3, 0.4) is 0 Å². The molecule has 7 nitrogen and oxygen atoms in total. The summed E-state index contributed by atoms with van der Waals surface area (Å²) in [6.45, 7) is 4.44. The van der Waals surface area contributed by atoms with E-state index in [0.717, 1.165) is 35.4 Å². The van der Waals surface area contributed by atoms with Gasteiger partial charge in [0.05, 0.1) is 5.69 Å². The van der Waals surface area contributed by atoms with Gasteiger partial charge in [-0.1, -0.05) is 6.42 Å². The molecule has 0 aliphatic heterocycles. The van der Waals surface area contributed by atoms with Crippen LogP contribution >= 0.6 is 0 Å². The molecule has 142 valence electrons. The number of aromatic amines is 2. The summed E-state index contributed by atoms with van der Waals surface area (Å²) < 4.78 is 5.66. The molecule has 1 atom stereocenters. The minimum Gasteiger partial charge on any atom is -0.481 e. The predicted molar refractivity (Wildman–Crippen MR) is 98.1 cm³/mol. The quantitative estimate of drug-likeness (QED) is 0.485. The van der Waals surface area contributed by atoms with Gasteiger partial charge in [-0.15, -0.1) is 0 Å². The lowest BCUT2D eigenvalue weighted by Crippen LogP contribution is -2.28. The number of aliphatic carboxylic acids is 1. The van der Waals surface area contributed by atoms with Crippen LogP contribution in [0.1, 0.15) is 54.3 Å².